The minimum absolute atomic E-state index is 0.0285. The molecule has 2 aliphatic rings. The summed E-state index contributed by atoms with van der Waals surface area (Å²) >= 11 is 1.27. The summed E-state index contributed by atoms with van der Waals surface area (Å²) < 4.78 is 5.72. The Labute approximate surface area is 123 Å². The van der Waals surface area contributed by atoms with E-state index in [0.29, 0.717) is 6.42 Å². The van der Waals surface area contributed by atoms with Crippen LogP contribution in [-0.4, -0.2) is 56.5 Å². The molecule has 2 aliphatic heterocycles. The summed E-state index contributed by atoms with van der Waals surface area (Å²) in [5.74, 6) is 2.61. The molecule has 2 rings (SSSR count). The van der Waals surface area contributed by atoms with E-state index in [0.717, 1.165) is 0 Å². The Balaban J connectivity index is 2.30. The molecule has 0 radical (unpaired) electrons. The van der Waals surface area contributed by atoms with E-state index in [1.807, 2.05) is 19.1 Å². The molecular weight excluding hydrogens is 278 g/mol. The van der Waals surface area contributed by atoms with Crippen LogP contribution in [0.25, 0.3) is 0 Å². The van der Waals surface area contributed by atoms with Gasteiger partial charge in [0.25, 0.3) is 0 Å². The SMILES string of the molecule is C#C[C@@H]1CC=C[C@@H](C)[C@@H](N)[C@H]2O[C@H](S1)[C@H](O)[C@@H](O)[C@H]2O. The summed E-state index contributed by atoms with van der Waals surface area (Å²) in [4.78, 5) is 0. The number of nitrogens with two attached hydrogens (primary N) is 1. The van der Waals surface area contributed by atoms with E-state index in [-0.39, 0.29) is 11.2 Å². The van der Waals surface area contributed by atoms with Crippen molar-refractivity contribution in [3.63, 3.8) is 0 Å². The normalized spacial score (nSPS) is 49.4. The molecule has 1 fully saturated rings. The first-order chi connectivity index (χ1) is 9.45. The third kappa shape index (κ3) is 3.03. The van der Waals surface area contributed by atoms with E-state index in [2.05, 4.69) is 5.92 Å². The van der Waals surface area contributed by atoms with Gasteiger partial charge in [-0.15, -0.1) is 18.2 Å². The van der Waals surface area contributed by atoms with Crippen LogP contribution in [0, 0.1) is 18.3 Å². The maximum atomic E-state index is 10.1. The summed E-state index contributed by atoms with van der Waals surface area (Å²) in [6, 6.07) is -0.464. The first-order valence-corrected chi connectivity index (χ1v) is 7.63. The van der Waals surface area contributed by atoms with Crippen molar-refractivity contribution >= 4 is 11.8 Å². The molecule has 1 saturated heterocycles. The van der Waals surface area contributed by atoms with Crippen molar-refractivity contribution in [2.24, 2.45) is 11.7 Å². The van der Waals surface area contributed by atoms with Gasteiger partial charge in [0, 0.05) is 6.04 Å². The van der Waals surface area contributed by atoms with Gasteiger partial charge in [-0.05, 0) is 12.3 Å². The second-order valence-electron chi connectivity index (χ2n) is 5.33. The number of hydrogen-bond donors (Lipinski definition) is 4. The molecule has 6 heteroatoms. The fourth-order valence-electron chi connectivity index (χ4n) is 2.47. The highest BCUT2D eigenvalue weighted by Crippen LogP contribution is 2.34. The fourth-order valence-corrected chi connectivity index (χ4v) is 3.61. The molecule has 0 aliphatic carbocycles. The lowest BCUT2D eigenvalue weighted by molar-refractivity contribution is -0.204. The van der Waals surface area contributed by atoms with Crippen molar-refractivity contribution in [1.82, 2.24) is 0 Å². The van der Waals surface area contributed by atoms with Crippen molar-refractivity contribution < 1.29 is 20.1 Å². The summed E-state index contributed by atoms with van der Waals surface area (Å²) in [6.07, 6.45) is 5.62. The quantitative estimate of drug-likeness (QED) is 0.354. The molecule has 5 N–H and O–H groups in total. The largest absolute Gasteiger partial charge is 0.388 e. The maximum Gasteiger partial charge on any atom is 0.133 e. The molecule has 0 spiro atoms. The zero-order valence-electron chi connectivity index (χ0n) is 11.3. The molecule has 0 amide bonds. The third-order valence-corrected chi connectivity index (χ3v) is 5.18. The highest BCUT2D eigenvalue weighted by atomic mass is 32.2. The molecule has 112 valence electrons. The number of terminal acetylenes is 1. The molecule has 0 aromatic rings. The van der Waals surface area contributed by atoms with Gasteiger partial charge >= 0.3 is 0 Å². The Bertz CT molecular complexity index is 410. The topological polar surface area (TPSA) is 95.9 Å². The first-order valence-electron chi connectivity index (χ1n) is 6.69. The average Bonchev–Trinajstić information content (AvgIpc) is 2.44. The van der Waals surface area contributed by atoms with Crippen LogP contribution >= 0.6 is 11.8 Å². The van der Waals surface area contributed by atoms with Gasteiger partial charge < -0.3 is 25.8 Å². The van der Waals surface area contributed by atoms with E-state index in [9.17, 15) is 15.3 Å². The Hall–Kier alpha value is -0.550. The second-order valence-corrected chi connectivity index (χ2v) is 6.64. The molecule has 0 aromatic heterocycles. The molecule has 0 aromatic carbocycles. The van der Waals surface area contributed by atoms with Gasteiger partial charge in [0.05, 0.1) is 5.25 Å². The minimum Gasteiger partial charge on any atom is -0.388 e. The number of ether oxygens (including phenoxy) is 1. The average molecular weight is 299 g/mol. The second kappa shape index (κ2) is 6.48. The van der Waals surface area contributed by atoms with Gasteiger partial charge in [0.2, 0.25) is 0 Å². The number of aliphatic hydroxyl groups is 3. The highest BCUT2D eigenvalue weighted by molar-refractivity contribution is 8.00. The Morgan fingerprint density at radius 2 is 2.00 bits per heavy atom. The number of thioether (sulfide) groups is 1. The predicted octanol–water partition coefficient (Wildman–Crippen LogP) is -0.548. The lowest BCUT2D eigenvalue weighted by Gasteiger charge is -2.44. The summed E-state index contributed by atoms with van der Waals surface area (Å²) in [7, 11) is 0. The smallest absolute Gasteiger partial charge is 0.133 e. The molecule has 20 heavy (non-hydrogen) atoms. The van der Waals surface area contributed by atoms with Gasteiger partial charge in [-0.2, -0.15) is 0 Å². The van der Waals surface area contributed by atoms with Crippen LogP contribution in [0.4, 0.5) is 0 Å². The molecule has 5 nitrogen and oxygen atoms in total. The molecule has 8 atom stereocenters. The molecular formula is C14H21NO4S. The van der Waals surface area contributed by atoms with Gasteiger partial charge in [-0.25, -0.2) is 0 Å². The number of aliphatic hydroxyl groups excluding tert-OH is 3. The van der Waals surface area contributed by atoms with Crippen molar-refractivity contribution in [3.8, 4) is 12.3 Å². The van der Waals surface area contributed by atoms with Crippen molar-refractivity contribution in [2.45, 2.75) is 54.5 Å². The zero-order valence-corrected chi connectivity index (χ0v) is 12.1. The third-order valence-electron chi connectivity index (χ3n) is 3.87. The summed E-state index contributed by atoms with van der Waals surface area (Å²) in [5.41, 5.74) is 5.42. The van der Waals surface area contributed by atoms with Crippen LogP contribution in [0.5, 0.6) is 0 Å². The van der Waals surface area contributed by atoms with Crippen molar-refractivity contribution in [2.75, 3.05) is 0 Å². The van der Waals surface area contributed by atoms with E-state index in [4.69, 9.17) is 16.9 Å². The number of rotatable bonds is 0. The van der Waals surface area contributed by atoms with Gasteiger partial charge in [-0.1, -0.05) is 25.0 Å². The van der Waals surface area contributed by atoms with Crippen LogP contribution < -0.4 is 5.73 Å². The first kappa shape index (κ1) is 15.8. The number of hydrogen-bond acceptors (Lipinski definition) is 6. The lowest BCUT2D eigenvalue weighted by Crippen LogP contribution is -2.62. The summed E-state index contributed by atoms with van der Waals surface area (Å²) in [5, 5.41) is 29.9. The van der Waals surface area contributed by atoms with E-state index in [1.54, 1.807) is 0 Å². The van der Waals surface area contributed by atoms with Crippen LogP contribution in [0.3, 0.4) is 0 Å². The Morgan fingerprint density at radius 1 is 1.30 bits per heavy atom. The van der Waals surface area contributed by atoms with Crippen LogP contribution in [0.15, 0.2) is 12.2 Å². The summed E-state index contributed by atoms with van der Waals surface area (Å²) in [6.45, 7) is 1.92. The standard InChI is InChI=1S/C14H21NO4S/c1-3-8-6-4-5-7(2)9(15)13-11(17)10(16)12(18)14(19-13)20-8/h1,4-5,7-14,16-18H,6,15H2,2H3/t7-,8-,9-,10+,11-,12-,13-,14-/m1/s1. The zero-order chi connectivity index (χ0) is 14.9. The van der Waals surface area contributed by atoms with E-state index < -0.39 is 35.9 Å². The van der Waals surface area contributed by atoms with Crippen molar-refractivity contribution in [1.29, 1.82) is 0 Å². The molecule has 0 saturated carbocycles. The lowest BCUT2D eigenvalue weighted by atomic mass is 9.88. The number of fused-ring (bicyclic) bond motifs is 2. The Kier molecular flexibility index (Phi) is 5.13. The Morgan fingerprint density at radius 3 is 2.65 bits per heavy atom. The minimum atomic E-state index is -1.29. The molecule has 2 bridgehead atoms. The molecule has 0 unspecified atom stereocenters. The fraction of sp³-hybridized carbons (Fsp3) is 0.714. The van der Waals surface area contributed by atoms with Gasteiger partial charge in [0.1, 0.15) is 29.9 Å². The number of allylic oxidation sites excluding steroid dienone is 1. The van der Waals surface area contributed by atoms with Crippen LogP contribution in [-0.2, 0) is 4.74 Å². The van der Waals surface area contributed by atoms with E-state index >= 15 is 0 Å². The highest BCUT2D eigenvalue weighted by Gasteiger charge is 2.47. The van der Waals surface area contributed by atoms with Crippen molar-refractivity contribution in [3.05, 3.63) is 12.2 Å². The predicted molar refractivity (Wildman–Crippen MR) is 77.8 cm³/mol. The monoisotopic (exact) mass is 299 g/mol. The van der Waals surface area contributed by atoms with Crippen LogP contribution in [0.2, 0.25) is 0 Å². The van der Waals surface area contributed by atoms with E-state index in [1.165, 1.54) is 11.8 Å². The van der Waals surface area contributed by atoms with Gasteiger partial charge in [-0.3, -0.25) is 0 Å². The maximum absolute atomic E-state index is 10.1. The molecule has 2 heterocycles. The van der Waals surface area contributed by atoms with Gasteiger partial charge in [0.15, 0.2) is 0 Å². The van der Waals surface area contributed by atoms with Crippen LogP contribution in [0.1, 0.15) is 13.3 Å².